The minimum absolute atomic E-state index is 0.0881. The Kier molecular flexibility index (Phi) is 5.44. The van der Waals surface area contributed by atoms with E-state index in [1.165, 1.54) is 30.4 Å². The van der Waals surface area contributed by atoms with Gasteiger partial charge in [0.1, 0.15) is 5.75 Å². The van der Waals surface area contributed by atoms with Gasteiger partial charge in [0.05, 0.1) is 13.2 Å². The molecule has 1 fully saturated rings. The molecule has 0 aromatic heterocycles. The second kappa shape index (κ2) is 7.09. The largest absolute Gasteiger partial charge is 0.496 e. The first kappa shape index (κ1) is 15.3. The summed E-state index contributed by atoms with van der Waals surface area (Å²) in [4.78, 5) is 0. The highest BCUT2D eigenvalue weighted by Gasteiger charge is 2.17. The minimum atomic E-state index is 0.0881. The van der Waals surface area contributed by atoms with E-state index in [1.807, 2.05) is 0 Å². The van der Waals surface area contributed by atoms with Crippen LogP contribution in [0.4, 0.5) is 0 Å². The second-order valence-electron chi connectivity index (χ2n) is 5.85. The van der Waals surface area contributed by atoms with Crippen LogP contribution >= 0.6 is 0 Å². The second-order valence-corrected chi connectivity index (χ2v) is 5.85. The van der Waals surface area contributed by atoms with Crippen LogP contribution in [0.25, 0.3) is 0 Å². The molecule has 3 nitrogen and oxygen atoms in total. The molecule has 1 saturated heterocycles. The first-order valence-corrected chi connectivity index (χ1v) is 7.64. The summed E-state index contributed by atoms with van der Waals surface area (Å²) in [5.74, 6) is 0.939. The van der Waals surface area contributed by atoms with Crippen molar-refractivity contribution in [2.24, 2.45) is 5.73 Å². The summed E-state index contributed by atoms with van der Waals surface area (Å²) in [7, 11) is 1.71. The predicted molar refractivity (Wildman–Crippen MR) is 82.2 cm³/mol. The van der Waals surface area contributed by atoms with Gasteiger partial charge < -0.3 is 15.2 Å². The summed E-state index contributed by atoms with van der Waals surface area (Å²) in [6.07, 6.45) is 6.14. The van der Waals surface area contributed by atoms with Crippen molar-refractivity contribution in [2.75, 3.05) is 13.7 Å². The smallest absolute Gasteiger partial charge is 0.122 e. The third-order valence-corrected chi connectivity index (χ3v) is 4.26. The van der Waals surface area contributed by atoms with Gasteiger partial charge in [-0.1, -0.05) is 6.07 Å². The molecule has 2 unspecified atom stereocenters. The zero-order valence-corrected chi connectivity index (χ0v) is 12.9. The number of rotatable bonds is 5. The molecule has 2 N–H and O–H groups in total. The maximum Gasteiger partial charge on any atom is 0.122 e. The van der Waals surface area contributed by atoms with Crippen molar-refractivity contribution in [1.29, 1.82) is 0 Å². The number of benzene rings is 1. The molecular weight excluding hydrogens is 250 g/mol. The topological polar surface area (TPSA) is 44.5 Å². The van der Waals surface area contributed by atoms with Gasteiger partial charge >= 0.3 is 0 Å². The number of aryl methyl sites for hydroxylation is 2. The monoisotopic (exact) mass is 277 g/mol. The van der Waals surface area contributed by atoms with E-state index in [2.05, 4.69) is 26.0 Å². The average molecular weight is 277 g/mol. The van der Waals surface area contributed by atoms with Gasteiger partial charge in [-0.2, -0.15) is 0 Å². The van der Waals surface area contributed by atoms with Crippen molar-refractivity contribution in [3.63, 3.8) is 0 Å². The fraction of sp³-hybridized carbons (Fsp3) is 0.647. The Morgan fingerprint density at radius 3 is 2.75 bits per heavy atom. The highest BCUT2D eigenvalue weighted by atomic mass is 16.5. The van der Waals surface area contributed by atoms with Gasteiger partial charge in [-0.15, -0.1) is 0 Å². The molecule has 0 amide bonds. The van der Waals surface area contributed by atoms with Crippen LogP contribution in [0.1, 0.15) is 54.8 Å². The molecule has 112 valence electrons. The standard InChI is InChI=1S/C17H27NO2/c1-12-11-17(19-3)13(2)10-15(12)16(18)8-7-14-6-4-5-9-20-14/h10-11,14,16H,4-9,18H2,1-3H3. The Bertz CT molecular complexity index is 439. The third-order valence-electron chi connectivity index (χ3n) is 4.26. The van der Waals surface area contributed by atoms with Gasteiger partial charge in [-0.05, 0) is 68.7 Å². The molecule has 0 aliphatic carbocycles. The van der Waals surface area contributed by atoms with Crippen molar-refractivity contribution in [3.05, 3.63) is 28.8 Å². The molecule has 0 radical (unpaired) electrons. The van der Waals surface area contributed by atoms with Crippen molar-refractivity contribution >= 4 is 0 Å². The minimum Gasteiger partial charge on any atom is -0.496 e. The Labute approximate surface area is 122 Å². The number of nitrogens with two attached hydrogens (primary N) is 1. The maximum absolute atomic E-state index is 6.38. The van der Waals surface area contributed by atoms with E-state index in [0.717, 1.165) is 30.8 Å². The van der Waals surface area contributed by atoms with Crippen LogP contribution in [0, 0.1) is 13.8 Å². The SMILES string of the molecule is COc1cc(C)c(C(N)CCC2CCCCO2)cc1C. The average Bonchev–Trinajstić information content (AvgIpc) is 2.47. The molecule has 20 heavy (non-hydrogen) atoms. The van der Waals surface area contributed by atoms with Crippen LogP contribution in [0.2, 0.25) is 0 Å². The Hall–Kier alpha value is -1.06. The van der Waals surface area contributed by atoms with E-state index in [4.69, 9.17) is 15.2 Å². The molecule has 1 aromatic rings. The first-order valence-electron chi connectivity index (χ1n) is 7.64. The van der Waals surface area contributed by atoms with Crippen LogP contribution in [0.5, 0.6) is 5.75 Å². The van der Waals surface area contributed by atoms with Crippen LogP contribution in [0.3, 0.4) is 0 Å². The van der Waals surface area contributed by atoms with Gasteiger partial charge in [0.15, 0.2) is 0 Å². The molecule has 3 heteroatoms. The molecule has 0 bridgehead atoms. The van der Waals surface area contributed by atoms with Crippen molar-refractivity contribution in [3.8, 4) is 5.75 Å². The lowest BCUT2D eigenvalue weighted by Gasteiger charge is -2.24. The summed E-state index contributed by atoms with van der Waals surface area (Å²) >= 11 is 0. The molecular formula is C17H27NO2. The highest BCUT2D eigenvalue weighted by molar-refractivity contribution is 5.42. The number of ether oxygens (including phenoxy) is 2. The lowest BCUT2D eigenvalue weighted by Crippen LogP contribution is -2.21. The zero-order chi connectivity index (χ0) is 14.5. The van der Waals surface area contributed by atoms with Crippen molar-refractivity contribution < 1.29 is 9.47 Å². The van der Waals surface area contributed by atoms with Crippen LogP contribution in [-0.2, 0) is 4.74 Å². The quantitative estimate of drug-likeness (QED) is 0.893. The van der Waals surface area contributed by atoms with E-state index in [0.29, 0.717) is 6.10 Å². The lowest BCUT2D eigenvalue weighted by atomic mass is 9.93. The molecule has 2 rings (SSSR count). The summed E-state index contributed by atoms with van der Waals surface area (Å²) in [5.41, 5.74) is 9.98. The summed E-state index contributed by atoms with van der Waals surface area (Å²) < 4.78 is 11.1. The molecule has 1 aliphatic heterocycles. The Morgan fingerprint density at radius 1 is 1.30 bits per heavy atom. The predicted octanol–water partition coefficient (Wildman–Crippen LogP) is 3.66. The van der Waals surface area contributed by atoms with E-state index >= 15 is 0 Å². The lowest BCUT2D eigenvalue weighted by molar-refractivity contribution is 0.00911. The fourth-order valence-corrected chi connectivity index (χ4v) is 2.99. The number of methoxy groups -OCH3 is 1. The fourth-order valence-electron chi connectivity index (χ4n) is 2.99. The first-order chi connectivity index (χ1) is 9.61. The highest BCUT2D eigenvalue weighted by Crippen LogP contribution is 2.29. The summed E-state index contributed by atoms with van der Waals surface area (Å²) in [6, 6.07) is 4.34. The van der Waals surface area contributed by atoms with Crippen molar-refractivity contribution in [1.82, 2.24) is 0 Å². The van der Waals surface area contributed by atoms with Crippen LogP contribution in [-0.4, -0.2) is 19.8 Å². The zero-order valence-electron chi connectivity index (χ0n) is 12.9. The summed E-state index contributed by atoms with van der Waals surface area (Å²) in [6.45, 7) is 5.09. The summed E-state index contributed by atoms with van der Waals surface area (Å²) in [5, 5.41) is 0. The van der Waals surface area contributed by atoms with Gasteiger partial charge in [-0.3, -0.25) is 0 Å². The molecule has 0 saturated carbocycles. The maximum atomic E-state index is 6.38. The van der Waals surface area contributed by atoms with E-state index < -0.39 is 0 Å². The van der Waals surface area contributed by atoms with E-state index in [9.17, 15) is 0 Å². The molecule has 2 atom stereocenters. The van der Waals surface area contributed by atoms with Crippen LogP contribution < -0.4 is 10.5 Å². The Balaban J connectivity index is 1.97. The normalized spacial score (nSPS) is 20.7. The van der Waals surface area contributed by atoms with Gasteiger partial charge in [0, 0.05) is 12.6 Å². The van der Waals surface area contributed by atoms with Crippen LogP contribution in [0.15, 0.2) is 12.1 Å². The van der Waals surface area contributed by atoms with E-state index in [1.54, 1.807) is 7.11 Å². The number of hydrogen-bond donors (Lipinski definition) is 1. The number of hydrogen-bond acceptors (Lipinski definition) is 3. The third kappa shape index (κ3) is 3.74. The molecule has 0 spiro atoms. The Morgan fingerprint density at radius 2 is 2.10 bits per heavy atom. The van der Waals surface area contributed by atoms with E-state index in [-0.39, 0.29) is 6.04 Å². The van der Waals surface area contributed by atoms with Gasteiger partial charge in [-0.25, -0.2) is 0 Å². The molecule has 1 aliphatic rings. The van der Waals surface area contributed by atoms with Crippen molar-refractivity contribution in [2.45, 2.75) is 58.1 Å². The van der Waals surface area contributed by atoms with Gasteiger partial charge in [0.25, 0.3) is 0 Å². The molecule has 1 aromatic carbocycles. The molecule has 1 heterocycles. The van der Waals surface area contributed by atoms with Gasteiger partial charge in [0.2, 0.25) is 0 Å².